The van der Waals surface area contributed by atoms with Gasteiger partial charge in [-0.2, -0.15) is 0 Å². The van der Waals surface area contributed by atoms with Crippen molar-refractivity contribution in [3.63, 3.8) is 0 Å². The zero-order valence-electron chi connectivity index (χ0n) is 16.7. The summed E-state index contributed by atoms with van der Waals surface area (Å²) in [6.07, 6.45) is 0. The molecule has 0 radical (unpaired) electrons. The number of carbonyl (C=O) groups excluding carboxylic acids is 1. The van der Waals surface area contributed by atoms with Crippen LogP contribution in [0.15, 0.2) is 53.5 Å². The summed E-state index contributed by atoms with van der Waals surface area (Å²) in [6.45, 7) is 4.28. The molecule has 0 aliphatic carbocycles. The van der Waals surface area contributed by atoms with E-state index in [4.69, 9.17) is 0 Å². The molecule has 0 bridgehead atoms. The van der Waals surface area contributed by atoms with Crippen molar-refractivity contribution < 1.29 is 9.18 Å². The van der Waals surface area contributed by atoms with Crippen LogP contribution in [0.2, 0.25) is 0 Å². The van der Waals surface area contributed by atoms with Crippen LogP contribution >= 0.6 is 24.0 Å². The maximum absolute atomic E-state index is 13.4. The number of nitrogens with one attached hydrogen (secondary N) is 2. The molecule has 0 heterocycles. The van der Waals surface area contributed by atoms with Gasteiger partial charge in [0.15, 0.2) is 5.96 Å². The van der Waals surface area contributed by atoms with Crippen LogP contribution in [0.1, 0.15) is 29.7 Å². The monoisotopic (exact) mass is 498 g/mol. The number of rotatable bonds is 6. The standard InChI is InChI=1S/C21H27FN4O.HI/c1-15-12-17(10-11-19(15)22)13-23-21(24-14-20(27)26(3)4)25-16(2)18-8-6-5-7-9-18;/h5-12,16H,13-14H2,1-4H3,(H2,23,24,25);1H. The number of hydrogen-bond acceptors (Lipinski definition) is 2. The number of aliphatic imine (C=N–C) groups is 1. The molecule has 1 amide bonds. The SMILES string of the molecule is Cc1cc(CN=C(NCC(=O)N(C)C)NC(C)c2ccccc2)ccc1F.I. The van der Waals surface area contributed by atoms with Gasteiger partial charge >= 0.3 is 0 Å². The Balaban J connectivity index is 0.00000392. The first kappa shape index (κ1) is 23.9. The zero-order valence-corrected chi connectivity index (χ0v) is 19.0. The molecule has 0 aliphatic heterocycles. The minimum absolute atomic E-state index is 0. The topological polar surface area (TPSA) is 56.7 Å². The maximum atomic E-state index is 13.4. The molecule has 1 atom stereocenters. The minimum Gasteiger partial charge on any atom is -0.350 e. The van der Waals surface area contributed by atoms with Crippen molar-refractivity contribution in [3.8, 4) is 0 Å². The van der Waals surface area contributed by atoms with Gasteiger partial charge in [0.25, 0.3) is 0 Å². The number of guanidine groups is 1. The molecule has 2 rings (SSSR count). The van der Waals surface area contributed by atoms with E-state index in [-0.39, 0.29) is 48.3 Å². The van der Waals surface area contributed by atoms with Crippen LogP contribution in [-0.2, 0) is 11.3 Å². The fourth-order valence-corrected chi connectivity index (χ4v) is 2.48. The fraction of sp³-hybridized carbons (Fsp3) is 0.333. The van der Waals surface area contributed by atoms with Gasteiger partial charge in [-0.1, -0.05) is 42.5 Å². The highest BCUT2D eigenvalue weighted by atomic mass is 127. The number of likely N-dealkylation sites (N-methyl/N-ethyl adjacent to an activating group) is 1. The summed E-state index contributed by atoms with van der Waals surface area (Å²) < 4.78 is 13.4. The minimum atomic E-state index is -0.228. The number of nitrogens with zero attached hydrogens (tertiary/aromatic N) is 2. The summed E-state index contributed by atoms with van der Waals surface area (Å²) >= 11 is 0. The Morgan fingerprint density at radius 2 is 1.86 bits per heavy atom. The first-order valence-corrected chi connectivity index (χ1v) is 8.92. The lowest BCUT2D eigenvalue weighted by atomic mass is 10.1. The molecule has 2 aromatic rings. The Morgan fingerprint density at radius 1 is 1.18 bits per heavy atom. The van der Waals surface area contributed by atoms with E-state index in [9.17, 15) is 9.18 Å². The van der Waals surface area contributed by atoms with Gasteiger partial charge in [-0.05, 0) is 36.6 Å². The fourth-order valence-electron chi connectivity index (χ4n) is 2.48. The average Bonchev–Trinajstić information content (AvgIpc) is 2.66. The van der Waals surface area contributed by atoms with Gasteiger partial charge in [0.2, 0.25) is 5.91 Å². The molecule has 7 heteroatoms. The van der Waals surface area contributed by atoms with Gasteiger partial charge in [0.1, 0.15) is 5.82 Å². The van der Waals surface area contributed by atoms with Crippen molar-refractivity contribution in [2.45, 2.75) is 26.4 Å². The Morgan fingerprint density at radius 3 is 2.46 bits per heavy atom. The van der Waals surface area contributed by atoms with Gasteiger partial charge in [-0.3, -0.25) is 4.79 Å². The second-order valence-electron chi connectivity index (χ2n) is 6.67. The predicted molar refractivity (Wildman–Crippen MR) is 122 cm³/mol. The molecule has 5 nitrogen and oxygen atoms in total. The molecule has 2 aromatic carbocycles. The Bertz CT molecular complexity index is 796. The summed E-state index contributed by atoms with van der Waals surface area (Å²) in [7, 11) is 3.42. The number of halogens is 2. The van der Waals surface area contributed by atoms with E-state index >= 15 is 0 Å². The second kappa shape index (κ2) is 11.6. The molecule has 0 saturated carbocycles. The largest absolute Gasteiger partial charge is 0.350 e. The van der Waals surface area contributed by atoms with Gasteiger partial charge in [-0.25, -0.2) is 9.38 Å². The zero-order chi connectivity index (χ0) is 19.8. The summed E-state index contributed by atoms with van der Waals surface area (Å²) in [5.74, 6) is 0.256. The summed E-state index contributed by atoms with van der Waals surface area (Å²) in [5.41, 5.74) is 2.61. The molecule has 1 unspecified atom stereocenters. The highest BCUT2D eigenvalue weighted by Gasteiger charge is 2.10. The number of amides is 1. The van der Waals surface area contributed by atoms with Crippen LogP contribution in [0.4, 0.5) is 4.39 Å². The third-order valence-corrected chi connectivity index (χ3v) is 4.20. The lowest BCUT2D eigenvalue weighted by molar-refractivity contribution is -0.127. The van der Waals surface area contributed by atoms with Gasteiger partial charge in [-0.15, -0.1) is 24.0 Å². The van der Waals surface area contributed by atoms with Crippen LogP contribution in [0, 0.1) is 12.7 Å². The quantitative estimate of drug-likeness (QED) is 0.364. The first-order chi connectivity index (χ1) is 12.9. The lowest BCUT2D eigenvalue weighted by Crippen LogP contribution is -2.43. The molecular formula is C21H28FIN4O. The van der Waals surface area contributed by atoms with E-state index in [1.807, 2.05) is 37.3 Å². The molecular weight excluding hydrogens is 470 g/mol. The summed E-state index contributed by atoms with van der Waals surface area (Å²) in [5, 5.41) is 6.39. The van der Waals surface area contributed by atoms with Crippen molar-refractivity contribution >= 4 is 35.8 Å². The molecule has 0 fully saturated rings. The number of benzene rings is 2. The molecule has 0 spiro atoms. The summed E-state index contributed by atoms with van der Waals surface area (Å²) in [4.78, 5) is 18.0. The molecule has 0 saturated heterocycles. The molecule has 0 aliphatic rings. The second-order valence-corrected chi connectivity index (χ2v) is 6.67. The number of aryl methyl sites for hydroxylation is 1. The van der Waals surface area contributed by atoms with Crippen LogP contribution in [0.25, 0.3) is 0 Å². The van der Waals surface area contributed by atoms with E-state index in [0.29, 0.717) is 18.1 Å². The van der Waals surface area contributed by atoms with Crippen LogP contribution in [0.3, 0.4) is 0 Å². The van der Waals surface area contributed by atoms with E-state index in [2.05, 4.69) is 15.6 Å². The number of carbonyl (C=O) groups is 1. The lowest BCUT2D eigenvalue weighted by Gasteiger charge is -2.19. The smallest absolute Gasteiger partial charge is 0.241 e. The third-order valence-electron chi connectivity index (χ3n) is 4.20. The first-order valence-electron chi connectivity index (χ1n) is 8.92. The average molecular weight is 498 g/mol. The Hall–Kier alpha value is -2.16. The summed E-state index contributed by atoms with van der Waals surface area (Å²) in [6, 6.07) is 15.0. The number of hydrogen-bond donors (Lipinski definition) is 2. The van der Waals surface area contributed by atoms with Gasteiger partial charge in [0, 0.05) is 14.1 Å². The highest BCUT2D eigenvalue weighted by Crippen LogP contribution is 2.12. The van der Waals surface area contributed by atoms with Crippen molar-refractivity contribution in [1.29, 1.82) is 0 Å². The molecule has 28 heavy (non-hydrogen) atoms. The van der Waals surface area contributed by atoms with E-state index in [1.165, 1.54) is 11.0 Å². The van der Waals surface area contributed by atoms with Crippen LogP contribution < -0.4 is 10.6 Å². The van der Waals surface area contributed by atoms with Crippen molar-refractivity contribution in [1.82, 2.24) is 15.5 Å². The van der Waals surface area contributed by atoms with Gasteiger partial charge in [0.05, 0.1) is 19.1 Å². The molecule has 0 aromatic heterocycles. The van der Waals surface area contributed by atoms with Crippen molar-refractivity contribution in [3.05, 3.63) is 71.0 Å². The molecule has 152 valence electrons. The Labute approximate surface area is 183 Å². The predicted octanol–water partition coefficient (Wildman–Crippen LogP) is 3.64. The van der Waals surface area contributed by atoms with Crippen LogP contribution in [-0.4, -0.2) is 37.4 Å². The van der Waals surface area contributed by atoms with Crippen molar-refractivity contribution in [2.75, 3.05) is 20.6 Å². The van der Waals surface area contributed by atoms with Crippen LogP contribution in [0.5, 0.6) is 0 Å². The molecule has 2 N–H and O–H groups in total. The van der Waals surface area contributed by atoms with Crippen molar-refractivity contribution in [2.24, 2.45) is 4.99 Å². The van der Waals surface area contributed by atoms with E-state index in [0.717, 1.165) is 11.1 Å². The van der Waals surface area contributed by atoms with E-state index in [1.54, 1.807) is 33.2 Å². The normalized spacial score (nSPS) is 12.0. The maximum Gasteiger partial charge on any atom is 0.241 e. The highest BCUT2D eigenvalue weighted by molar-refractivity contribution is 14.0. The Kier molecular flexibility index (Phi) is 9.92. The van der Waals surface area contributed by atoms with Gasteiger partial charge < -0.3 is 15.5 Å². The third kappa shape index (κ3) is 7.46. The van der Waals surface area contributed by atoms with E-state index < -0.39 is 0 Å².